The average Bonchev–Trinajstić information content (AvgIpc) is 3.07. The van der Waals surface area contributed by atoms with Crippen LogP contribution >= 0.6 is 11.8 Å². The molecule has 0 spiro atoms. The van der Waals surface area contributed by atoms with Crippen molar-refractivity contribution in [1.82, 2.24) is 19.8 Å². The number of thioether (sulfide) groups is 1. The lowest BCUT2D eigenvalue weighted by Gasteiger charge is -2.13. The Morgan fingerprint density at radius 3 is 2.56 bits per heavy atom. The average molecular weight is 449 g/mol. The second-order valence-electron chi connectivity index (χ2n) is 7.10. The fraction of sp³-hybridized carbons (Fsp3) is 0.174. The van der Waals surface area contributed by atoms with Gasteiger partial charge in [0.05, 0.1) is 22.1 Å². The Kier molecular flexibility index (Phi) is 6.46. The molecule has 9 heteroatoms. The molecule has 0 unspecified atom stereocenters. The van der Waals surface area contributed by atoms with E-state index in [0.29, 0.717) is 15.8 Å². The van der Waals surface area contributed by atoms with E-state index in [1.54, 1.807) is 30.3 Å². The third-order valence-electron chi connectivity index (χ3n) is 4.94. The molecule has 162 valence electrons. The summed E-state index contributed by atoms with van der Waals surface area (Å²) in [6.45, 7) is 0.407. The van der Waals surface area contributed by atoms with Gasteiger partial charge in [0, 0.05) is 26.1 Å². The number of nitrogens with one attached hydrogen (secondary N) is 1. The number of hydrogen-bond acceptors (Lipinski definition) is 6. The van der Waals surface area contributed by atoms with Crippen LogP contribution in [-0.2, 0) is 16.1 Å². The maximum absolute atomic E-state index is 12.5. The number of aromatic nitrogens is 2. The number of carbonyl (C=O) groups excluding carboxylic acids is 3. The smallest absolute Gasteiger partial charge is 0.293 e. The maximum Gasteiger partial charge on any atom is 0.293 e. The number of para-hydroxylation sites is 1. The zero-order valence-corrected chi connectivity index (χ0v) is 17.9. The van der Waals surface area contributed by atoms with E-state index in [1.807, 2.05) is 30.3 Å². The third-order valence-corrected chi connectivity index (χ3v) is 5.85. The number of carbonyl (C=O) groups is 3. The molecule has 0 saturated carbocycles. The highest BCUT2D eigenvalue weighted by Gasteiger charge is 2.34. The lowest BCUT2D eigenvalue weighted by Crippen LogP contribution is -2.37. The molecule has 1 aliphatic heterocycles. The van der Waals surface area contributed by atoms with Crippen molar-refractivity contribution in [2.45, 2.75) is 13.0 Å². The first-order valence-electron chi connectivity index (χ1n) is 10.0. The number of imide groups is 1. The minimum atomic E-state index is -0.369. The Bertz CT molecular complexity index is 1270. The van der Waals surface area contributed by atoms with Crippen molar-refractivity contribution in [3.05, 3.63) is 81.7 Å². The normalized spacial score (nSPS) is 15.0. The van der Waals surface area contributed by atoms with Crippen molar-refractivity contribution >= 4 is 45.8 Å². The number of hydrogen-bond donors (Lipinski definition) is 1. The van der Waals surface area contributed by atoms with Crippen LogP contribution in [0, 0.1) is 0 Å². The number of rotatable bonds is 7. The highest BCUT2D eigenvalue weighted by Crippen LogP contribution is 2.31. The van der Waals surface area contributed by atoms with E-state index < -0.39 is 0 Å². The van der Waals surface area contributed by atoms with Crippen LogP contribution in [-0.4, -0.2) is 44.6 Å². The van der Waals surface area contributed by atoms with Gasteiger partial charge >= 0.3 is 0 Å². The summed E-state index contributed by atoms with van der Waals surface area (Å²) < 4.78 is 1.40. The van der Waals surface area contributed by atoms with Gasteiger partial charge in [0.15, 0.2) is 0 Å². The largest absolute Gasteiger partial charge is 0.354 e. The maximum atomic E-state index is 12.5. The predicted molar refractivity (Wildman–Crippen MR) is 123 cm³/mol. The van der Waals surface area contributed by atoms with Crippen molar-refractivity contribution in [3.8, 4) is 0 Å². The molecule has 0 atom stereocenters. The second-order valence-corrected chi connectivity index (χ2v) is 8.10. The summed E-state index contributed by atoms with van der Waals surface area (Å²) in [5.74, 6) is -0.649. The summed E-state index contributed by atoms with van der Waals surface area (Å²) >= 11 is 0.886. The van der Waals surface area contributed by atoms with Crippen LogP contribution in [0.3, 0.4) is 0 Å². The molecule has 1 aliphatic rings. The van der Waals surface area contributed by atoms with Gasteiger partial charge in [-0.2, -0.15) is 0 Å². The molecular weight excluding hydrogens is 428 g/mol. The highest BCUT2D eigenvalue weighted by molar-refractivity contribution is 8.18. The summed E-state index contributed by atoms with van der Waals surface area (Å²) in [4.78, 5) is 55.1. The van der Waals surface area contributed by atoms with E-state index in [1.165, 1.54) is 10.9 Å². The molecule has 3 amide bonds. The molecule has 0 bridgehead atoms. The van der Waals surface area contributed by atoms with Crippen LogP contribution in [0.5, 0.6) is 0 Å². The van der Waals surface area contributed by atoms with Gasteiger partial charge in [-0.25, -0.2) is 4.98 Å². The fourth-order valence-electron chi connectivity index (χ4n) is 3.28. The number of nitrogens with zero attached hydrogens (tertiary/aromatic N) is 3. The lowest BCUT2D eigenvalue weighted by molar-refractivity contribution is -0.124. The zero-order valence-electron chi connectivity index (χ0n) is 17.1. The van der Waals surface area contributed by atoms with Crippen molar-refractivity contribution < 1.29 is 14.4 Å². The van der Waals surface area contributed by atoms with Gasteiger partial charge in [-0.3, -0.25) is 28.6 Å². The molecule has 4 rings (SSSR count). The van der Waals surface area contributed by atoms with Crippen LogP contribution in [0.25, 0.3) is 17.0 Å². The molecule has 32 heavy (non-hydrogen) atoms. The number of aryl methyl sites for hydroxylation is 1. The first kappa shape index (κ1) is 21.5. The molecular formula is C23H20N4O4S. The van der Waals surface area contributed by atoms with Crippen molar-refractivity contribution in [2.75, 3.05) is 13.1 Å². The topological polar surface area (TPSA) is 101 Å². The second kappa shape index (κ2) is 9.61. The minimum Gasteiger partial charge on any atom is -0.354 e. The molecule has 1 aromatic heterocycles. The minimum absolute atomic E-state index is 0.0791. The monoisotopic (exact) mass is 448 g/mol. The molecule has 1 saturated heterocycles. The zero-order chi connectivity index (χ0) is 22.5. The number of amides is 3. The highest BCUT2D eigenvalue weighted by atomic mass is 32.2. The van der Waals surface area contributed by atoms with Gasteiger partial charge in [0.25, 0.3) is 16.7 Å². The fourth-order valence-corrected chi connectivity index (χ4v) is 4.14. The van der Waals surface area contributed by atoms with Gasteiger partial charge in [-0.15, -0.1) is 0 Å². The predicted octanol–water partition coefficient (Wildman–Crippen LogP) is 2.64. The van der Waals surface area contributed by atoms with Crippen LogP contribution < -0.4 is 10.9 Å². The van der Waals surface area contributed by atoms with Crippen LogP contribution in [0.1, 0.15) is 12.0 Å². The Labute approximate surface area is 187 Å². The molecule has 2 aromatic carbocycles. The van der Waals surface area contributed by atoms with Crippen molar-refractivity contribution in [3.63, 3.8) is 0 Å². The van der Waals surface area contributed by atoms with Crippen LogP contribution in [0.2, 0.25) is 0 Å². The van der Waals surface area contributed by atoms with Crippen LogP contribution in [0.15, 0.2) is 70.6 Å². The Morgan fingerprint density at radius 1 is 1.00 bits per heavy atom. The standard InChI is InChI=1S/C23H20N4O4S/c28-20(10-12-26-15-25-18-9-5-4-8-17(18)21(26)29)24-11-13-27-22(30)19(32-23(27)31)14-16-6-2-1-3-7-16/h1-9,14-15H,10-13H2,(H,24,28)/b19-14-. The van der Waals surface area contributed by atoms with Gasteiger partial charge < -0.3 is 5.32 Å². The first-order chi connectivity index (χ1) is 15.5. The van der Waals surface area contributed by atoms with Gasteiger partial charge in [-0.1, -0.05) is 42.5 Å². The lowest BCUT2D eigenvalue weighted by atomic mass is 10.2. The summed E-state index contributed by atoms with van der Waals surface area (Å²) in [5, 5.41) is 2.83. The summed E-state index contributed by atoms with van der Waals surface area (Å²) in [7, 11) is 0. The van der Waals surface area contributed by atoms with E-state index in [0.717, 1.165) is 22.2 Å². The van der Waals surface area contributed by atoms with Crippen LogP contribution in [0.4, 0.5) is 4.79 Å². The van der Waals surface area contributed by atoms with Gasteiger partial charge in [0.1, 0.15) is 0 Å². The molecule has 1 N–H and O–H groups in total. The molecule has 8 nitrogen and oxygen atoms in total. The van der Waals surface area contributed by atoms with Gasteiger partial charge in [-0.05, 0) is 35.5 Å². The Balaban J connectivity index is 1.28. The van der Waals surface area contributed by atoms with E-state index in [4.69, 9.17) is 0 Å². The van der Waals surface area contributed by atoms with Crippen molar-refractivity contribution in [2.24, 2.45) is 0 Å². The molecule has 0 radical (unpaired) electrons. The Morgan fingerprint density at radius 2 is 1.75 bits per heavy atom. The molecule has 0 aliphatic carbocycles. The Hall–Kier alpha value is -3.72. The number of benzene rings is 2. The quantitative estimate of drug-likeness (QED) is 0.558. The van der Waals surface area contributed by atoms with E-state index >= 15 is 0 Å². The molecule has 2 heterocycles. The van der Waals surface area contributed by atoms with E-state index in [9.17, 15) is 19.2 Å². The summed E-state index contributed by atoms with van der Waals surface area (Å²) in [6, 6.07) is 16.3. The number of fused-ring (bicyclic) bond motifs is 1. The van der Waals surface area contributed by atoms with Crippen molar-refractivity contribution in [1.29, 1.82) is 0 Å². The SMILES string of the molecule is O=C(CCn1cnc2ccccc2c1=O)NCCN1C(=O)S/C(=C\c2ccccc2)C1=O. The van der Waals surface area contributed by atoms with Gasteiger partial charge in [0.2, 0.25) is 5.91 Å². The summed E-state index contributed by atoms with van der Waals surface area (Å²) in [6.07, 6.45) is 3.19. The molecule has 3 aromatic rings. The summed E-state index contributed by atoms with van der Waals surface area (Å²) in [5.41, 5.74) is 1.24. The van der Waals surface area contributed by atoms with E-state index in [2.05, 4.69) is 10.3 Å². The first-order valence-corrected chi connectivity index (χ1v) is 10.9. The van der Waals surface area contributed by atoms with E-state index in [-0.39, 0.29) is 48.7 Å². The molecule has 1 fully saturated rings. The third kappa shape index (κ3) is 4.78.